The Hall–Kier alpha value is -2.95. The third-order valence-electron chi connectivity index (χ3n) is 3.13. The van der Waals surface area contributed by atoms with Crippen molar-refractivity contribution in [2.45, 2.75) is 13.8 Å². The van der Waals surface area contributed by atoms with Gasteiger partial charge in [0, 0.05) is 0 Å². The largest absolute Gasteiger partial charge is 0.462 e. The molecule has 124 valence electrons. The summed E-state index contributed by atoms with van der Waals surface area (Å²) in [5.41, 5.74) is 0.752. The summed E-state index contributed by atoms with van der Waals surface area (Å²) in [4.78, 5) is 35.2. The molecule has 0 aromatic heterocycles. The van der Waals surface area contributed by atoms with Crippen LogP contribution in [0.3, 0.4) is 0 Å². The van der Waals surface area contributed by atoms with Crippen molar-refractivity contribution < 1.29 is 23.9 Å². The van der Waals surface area contributed by atoms with Crippen LogP contribution in [0.2, 0.25) is 0 Å². The van der Waals surface area contributed by atoms with Gasteiger partial charge in [-0.15, -0.1) is 0 Å². The molecule has 2 rings (SSSR count). The van der Waals surface area contributed by atoms with Crippen LogP contribution in [-0.4, -0.2) is 24.8 Å². The third kappa shape index (κ3) is 4.52. The van der Waals surface area contributed by atoms with Gasteiger partial charge >= 0.3 is 11.9 Å². The molecule has 0 atom stereocenters. The summed E-state index contributed by atoms with van der Waals surface area (Å²) in [6.45, 7) is 4.18. The van der Waals surface area contributed by atoms with Gasteiger partial charge < -0.3 is 9.47 Å². The predicted molar refractivity (Wildman–Crippen MR) is 88.4 cm³/mol. The molecule has 2 aromatic carbocycles. The van der Waals surface area contributed by atoms with Gasteiger partial charge in [0.25, 0.3) is 0 Å². The van der Waals surface area contributed by atoms with E-state index in [-0.39, 0.29) is 28.4 Å². The number of aldehydes is 1. The Bertz CT molecular complexity index is 749. The molecule has 0 fully saturated rings. The van der Waals surface area contributed by atoms with Gasteiger partial charge in [-0.25, -0.2) is 9.59 Å². The number of hydrogen-bond donors (Lipinski definition) is 0. The van der Waals surface area contributed by atoms with E-state index >= 15 is 0 Å². The second-order valence-corrected chi connectivity index (χ2v) is 5.62. The Morgan fingerprint density at radius 3 is 2.33 bits per heavy atom. The minimum absolute atomic E-state index is 0.172. The SMILES string of the molecule is CC(C)COC(=O)c1cccc(C(=O)Oc2ccccc2C=O)c1. The van der Waals surface area contributed by atoms with Crippen LogP contribution in [0.15, 0.2) is 48.5 Å². The Balaban J connectivity index is 2.14. The summed E-state index contributed by atoms with van der Waals surface area (Å²) in [5.74, 6) is -0.748. The lowest BCUT2D eigenvalue weighted by atomic mass is 10.1. The average molecular weight is 326 g/mol. The van der Waals surface area contributed by atoms with E-state index in [4.69, 9.17) is 9.47 Å². The van der Waals surface area contributed by atoms with Gasteiger partial charge in [0.2, 0.25) is 0 Å². The first-order valence-electron chi connectivity index (χ1n) is 7.55. The fourth-order valence-corrected chi connectivity index (χ4v) is 1.93. The molecule has 0 bridgehead atoms. The summed E-state index contributed by atoms with van der Waals surface area (Å²) < 4.78 is 10.4. The van der Waals surface area contributed by atoms with E-state index in [1.807, 2.05) is 13.8 Å². The maximum absolute atomic E-state index is 12.2. The molecule has 0 heterocycles. The molecule has 0 aliphatic carbocycles. The topological polar surface area (TPSA) is 69.7 Å². The molecule has 0 aliphatic heterocycles. The average Bonchev–Trinajstić information content (AvgIpc) is 2.60. The van der Waals surface area contributed by atoms with E-state index in [1.165, 1.54) is 18.2 Å². The number of para-hydroxylation sites is 1. The molecule has 0 spiro atoms. The van der Waals surface area contributed by atoms with Crippen molar-refractivity contribution in [2.75, 3.05) is 6.61 Å². The lowest BCUT2D eigenvalue weighted by molar-refractivity contribution is 0.0459. The van der Waals surface area contributed by atoms with Gasteiger partial charge in [0.15, 0.2) is 6.29 Å². The zero-order valence-corrected chi connectivity index (χ0v) is 13.5. The molecule has 24 heavy (non-hydrogen) atoms. The molecule has 0 N–H and O–H groups in total. The summed E-state index contributed by atoms with van der Waals surface area (Å²) in [5, 5.41) is 0. The van der Waals surface area contributed by atoms with E-state index in [0.717, 1.165) is 0 Å². The maximum Gasteiger partial charge on any atom is 0.343 e. The number of carbonyl (C=O) groups excluding carboxylic acids is 3. The van der Waals surface area contributed by atoms with Crippen molar-refractivity contribution in [1.82, 2.24) is 0 Å². The highest BCUT2D eigenvalue weighted by atomic mass is 16.5. The number of carbonyl (C=O) groups is 3. The minimum atomic E-state index is -0.650. The molecule has 0 amide bonds. The highest BCUT2D eigenvalue weighted by molar-refractivity contribution is 5.96. The van der Waals surface area contributed by atoms with E-state index < -0.39 is 11.9 Å². The van der Waals surface area contributed by atoms with Crippen LogP contribution in [0, 0.1) is 5.92 Å². The highest BCUT2D eigenvalue weighted by Gasteiger charge is 2.15. The molecule has 5 heteroatoms. The normalized spacial score (nSPS) is 10.3. The molecule has 0 saturated carbocycles. The first-order chi connectivity index (χ1) is 11.5. The standard InChI is InChI=1S/C19H18O5/c1-13(2)12-23-18(21)14-7-5-8-15(10-14)19(22)24-17-9-4-3-6-16(17)11-20/h3-11,13H,12H2,1-2H3. The Morgan fingerprint density at radius 1 is 1.00 bits per heavy atom. The van der Waals surface area contributed by atoms with Gasteiger partial charge in [-0.3, -0.25) is 4.79 Å². The summed E-state index contributed by atoms with van der Waals surface area (Å²) in [6.07, 6.45) is 0.613. The van der Waals surface area contributed by atoms with Gasteiger partial charge in [0.1, 0.15) is 5.75 Å². The molecule has 5 nitrogen and oxygen atoms in total. The van der Waals surface area contributed by atoms with Crippen LogP contribution in [-0.2, 0) is 4.74 Å². The molecular formula is C19H18O5. The predicted octanol–water partition coefficient (Wildman–Crippen LogP) is 3.53. The number of ether oxygens (including phenoxy) is 2. The smallest absolute Gasteiger partial charge is 0.343 e. The van der Waals surface area contributed by atoms with Crippen molar-refractivity contribution in [3.05, 3.63) is 65.2 Å². The maximum atomic E-state index is 12.2. The van der Waals surface area contributed by atoms with Crippen LogP contribution in [0.1, 0.15) is 44.9 Å². The number of benzene rings is 2. The van der Waals surface area contributed by atoms with Gasteiger partial charge in [0.05, 0.1) is 23.3 Å². The van der Waals surface area contributed by atoms with Crippen LogP contribution in [0.4, 0.5) is 0 Å². The van der Waals surface area contributed by atoms with Crippen molar-refractivity contribution in [3.8, 4) is 5.75 Å². The fraction of sp³-hybridized carbons (Fsp3) is 0.211. The van der Waals surface area contributed by atoms with Crippen LogP contribution < -0.4 is 4.74 Å². The zero-order chi connectivity index (χ0) is 17.5. The summed E-state index contributed by atoms with van der Waals surface area (Å²) in [6, 6.07) is 12.5. The van der Waals surface area contributed by atoms with Crippen LogP contribution in [0.5, 0.6) is 5.75 Å². The van der Waals surface area contributed by atoms with Gasteiger partial charge in [-0.1, -0.05) is 32.0 Å². The van der Waals surface area contributed by atoms with Crippen molar-refractivity contribution in [1.29, 1.82) is 0 Å². The quantitative estimate of drug-likeness (QED) is 0.461. The number of hydrogen-bond acceptors (Lipinski definition) is 5. The van der Waals surface area contributed by atoms with Crippen molar-refractivity contribution >= 4 is 18.2 Å². The fourth-order valence-electron chi connectivity index (χ4n) is 1.93. The molecule has 2 aromatic rings. The molecular weight excluding hydrogens is 308 g/mol. The van der Waals surface area contributed by atoms with Crippen LogP contribution >= 0.6 is 0 Å². The lowest BCUT2D eigenvalue weighted by Crippen LogP contribution is -2.13. The lowest BCUT2D eigenvalue weighted by Gasteiger charge is -2.09. The zero-order valence-electron chi connectivity index (χ0n) is 13.5. The van der Waals surface area contributed by atoms with Crippen LogP contribution in [0.25, 0.3) is 0 Å². The summed E-state index contributed by atoms with van der Waals surface area (Å²) >= 11 is 0. The first-order valence-corrected chi connectivity index (χ1v) is 7.55. The first kappa shape index (κ1) is 17.4. The van der Waals surface area contributed by atoms with Gasteiger partial charge in [-0.2, -0.15) is 0 Å². The Kier molecular flexibility index (Phi) is 5.84. The second kappa shape index (κ2) is 8.06. The Labute approximate surface area is 140 Å². The molecule has 0 radical (unpaired) electrons. The number of esters is 2. The van der Waals surface area contributed by atoms with E-state index in [0.29, 0.717) is 12.9 Å². The third-order valence-corrected chi connectivity index (χ3v) is 3.13. The van der Waals surface area contributed by atoms with Crippen molar-refractivity contribution in [3.63, 3.8) is 0 Å². The molecule has 0 aliphatic rings. The van der Waals surface area contributed by atoms with Gasteiger partial charge in [-0.05, 0) is 36.2 Å². The Morgan fingerprint density at radius 2 is 1.67 bits per heavy atom. The highest BCUT2D eigenvalue weighted by Crippen LogP contribution is 2.18. The molecule has 0 saturated heterocycles. The second-order valence-electron chi connectivity index (χ2n) is 5.62. The van der Waals surface area contributed by atoms with E-state index in [1.54, 1.807) is 30.3 Å². The molecule has 0 unspecified atom stereocenters. The number of rotatable bonds is 6. The van der Waals surface area contributed by atoms with Crippen molar-refractivity contribution in [2.24, 2.45) is 5.92 Å². The summed E-state index contributed by atoms with van der Waals surface area (Å²) in [7, 11) is 0. The minimum Gasteiger partial charge on any atom is -0.462 e. The monoisotopic (exact) mass is 326 g/mol. The van der Waals surface area contributed by atoms with E-state index in [9.17, 15) is 14.4 Å². The van der Waals surface area contributed by atoms with E-state index in [2.05, 4.69) is 0 Å².